The molecule has 0 unspecified atom stereocenters. The Morgan fingerprint density at radius 2 is 1.81 bits per heavy atom. The van der Waals surface area contributed by atoms with E-state index in [4.69, 9.17) is 14.5 Å². The summed E-state index contributed by atoms with van der Waals surface area (Å²) in [6.45, 7) is 9.48. The lowest BCUT2D eigenvalue weighted by Gasteiger charge is -2.39. The molecule has 0 atom stereocenters. The lowest BCUT2D eigenvalue weighted by Crippen LogP contribution is -2.48. The second-order valence-electron chi connectivity index (χ2n) is 9.21. The molecule has 3 rings (SSSR count). The number of methoxy groups -OCH3 is 1. The summed E-state index contributed by atoms with van der Waals surface area (Å²) in [5.74, 6) is 0.945. The van der Waals surface area contributed by atoms with E-state index in [1.165, 1.54) is 36.8 Å². The number of hydrogen-bond donors (Lipinski definition) is 2. The van der Waals surface area contributed by atoms with Crippen molar-refractivity contribution in [2.75, 3.05) is 46.6 Å². The summed E-state index contributed by atoms with van der Waals surface area (Å²) in [6, 6.07) is 8.82. The summed E-state index contributed by atoms with van der Waals surface area (Å²) < 4.78 is 11.1. The highest BCUT2D eigenvalue weighted by Crippen LogP contribution is 2.41. The van der Waals surface area contributed by atoms with Crippen LogP contribution in [-0.4, -0.2) is 52.5 Å². The van der Waals surface area contributed by atoms with E-state index >= 15 is 0 Å². The number of nitrogens with one attached hydrogen (secondary N) is 2. The van der Waals surface area contributed by atoms with Gasteiger partial charge in [-0.15, -0.1) is 24.0 Å². The molecule has 1 aliphatic carbocycles. The summed E-state index contributed by atoms with van der Waals surface area (Å²) >= 11 is 0. The van der Waals surface area contributed by atoms with E-state index in [-0.39, 0.29) is 29.4 Å². The van der Waals surface area contributed by atoms with Gasteiger partial charge in [-0.05, 0) is 62.5 Å². The quantitative estimate of drug-likeness (QED) is 0.267. The monoisotopic (exact) mass is 543 g/mol. The number of aliphatic imine (C=N–C) groups is 1. The topological polar surface area (TPSA) is 54.9 Å². The van der Waals surface area contributed by atoms with Crippen LogP contribution in [0.4, 0.5) is 0 Å². The molecular formula is C25H42IN3O2. The molecule has 0 aromatic heterocycles. The fourth-order valence-corrected chi connectivity index (χ4v) is 5.24. The molecule has 2 aliphatic rings. The fourth-order valence-electron chi connectivity index (χ4n) is 5.24. The fraction of sp³-hybridized carbons (Fsp3) is 0.720. The van der Waals surface area contributed by atoms with E-state index in [1.807, 2.05) is 0 Å². The minimum Gasteiger partial charge on any atom is -0.385 e. The highest BCUT2D eigenvalue weighted by molar-refractivity contribution is 14.0. The van der Waals surface area contributed by atoms with Crippen molar-refractivity contribution in [3.8, 4) is 0 Å². The van der Waals surface area contributed by atoms with Gasteiger partial charge in [0.2, 0.25) is 0 Å². The van der Waals surface area contributed by atoms with Gasteiger partial charge in [0.25, 0.3) is 0 Å². The highest BCUT2D eigenvalue weighted by Gasteiger charge is 2.36. The largest absolute Gasteiger partial charge is 0.385 e. The number of hydrogen-bond acceptors (Lipinski definition) is 3. The van der Waals surface area contributed by atoms with Crippen LogP contribution in [0.1, 0.15) is 63.0 Å². The lowest BCUT2D eigenvalue weighted by atomic mass is 9.72. The molecule has 1 heterocycles. The Morgan fingerprint density at radius 3 is 2.45 bits per heavy atom. The summed E-state index contributed by atoms with van der Waals surface area (Å²) in [5, 5.41) is 7.19. The highest BCUT2D eigenvalue weighted by atomic mass is 127. The molecular weight excluding hydrogens is 501 g/mol. The Kier molecular flexibility index (Phi) is 11.1. The van der Waals surface area contributed by atoms with Crippen LogP contribution in [0.25, 0.3) is 0 Å². The van der Waals surface area contributed by atoms with Gasteiger partial charge in [0.1, 0.15) is 0 Å². The van der Waals surface area contributed by atoms with Crippen molar-refractivity contribution in [2.24, 2.45) is 10.4 Å². The first kappa shape index (κ1) is 26.4. The molecule has 1 saturated carbocycles. The predicted molar refractivity (Wildman–Crippen MR) is 140 cm³/mol. The van der Waals surface area contributed by atoms with Crippen molar-refractivity contribution in [3.63, 3.8) is 0 Å². The molecule has 176 valence electrons. The van der Waals surface area contributed by atoms with Crippen molar-refractivity contribution in [2.45, 2.75) is 64.2 Å². The number of aryl methyl sites for hydroxylation is 1. The molecule has 0 spiro atoms. The minimum atomic E-state index is 0. The van der Waals surface area contributed by atoms with E-state index in [0.717, 1.165) is 64.7 Å². The van der Waals surface area contributed by atoms with Gasteiger partial charge in [-0.1, -0.05) is 37.1 Å². The van der Waals surface area contributed by atoms with Crippen LogP contribution >= 0.6 is 24.0 Å². The first-order valence-electron chi connectivity index (χ1n) is 11.8. The van der Waals surface area contributed by atoms with Crippen LogP contribution in [0.3, 0.4) is 0 Å². The maximum Gasteiger partial charge on any atom is 0.191 e. The molecule has 31 heavy (non-hydrogen) atoms. The van der Waals surface area contributed by atoms with Gasteiger partial charge >= 0.3 is 0 Å². The average molecular weight is 544 g/mol. The van der Waals surface area contributed by atoms with Crippen molar-refractivity contribution in [1.82, 2.24) is 10.6 Å². The molecule has 5 nitrogen and oxygen atoms in total. The predicted octanol–water partition coefficient (Wildman–Crippen LogP) is 4.81. The molecule has 0 radical (unpaired) electrons. The SMILES string of the molecule is CCNC(=NCC1(CCOC)CCCC1)NCC1(c2ccccc2C)CCOCC1.I. The van der Waals surface area contributed by atoms with E-state index in [0.29, 0.717) is 5.41 Å². The summed E-state index contributed by atoms with van der Waals surface area (Å²) in [7, 11) is 1.80. The molecule has 1 aliphatic heterocycles. The summed E-state index contributed by atoms with van der Waals surface area (Å²) in [4.78, 5) is 5.06. The second-order valence-corrected chi connectivity index (χ2v) is 9.21. The Morgan fingerprint density at radius 1 is 1.10 bits per heavy atom. The van der Waals surface area contributed by atoms with Crippen LogP contribution in [0.5, 0.6) is 0 Å². The van der Waals surface area contributed by atoms with Crippen LogP contribution < -0.4 is 10.6 Å². The van der Waals surface area contributed by atoms with Crippen molar-refractivity contribution < 1.29 is 9.47 Å². The standard InChI is InChI=1S/C25H41N3O2.HI/c1-4-26-23(27-19-24(13-16-29-3)11-7-8-12-24)28-20-25(14-17-30-18-15-25)22-10-6-5-9-21(22)2;/h5-6,9-10H,4,7-8,11-20H2,1-3H3,(H2,26,27,28);1H. The van der Waals surface area contributed by atoms with E-state index < -0.39 is 0 Å². The normalized spacial score (nSPS) is 20.2. The molecule has 6 heteroatoms. The maximum atomic E-state index is 5.72. The Hall–Kier alpha value is -0.860. The van der Waals surface area contributed by atoms with Crippen LogP contribution in [0, 0.1) is 12.3 Å². The first-order chi connectivity index (χ1) is 14.6. The van der Waals surface area contributed by atoms with Crippen LogP contribution in [-0.2, 0) is 14.9 Å². The van der Waals surface area contributed by atoms with Gasteiger partial charge in [-0.25, -0.2) is 0 Å². The minimum absolute atomic E-state index is 0. The number of rotatable bonds is 9. The Balaban J connectivity index is 0.00000341. The van der Waals surface area contributed by atoms with Crippen LogP contribution in [0.2, 0.25) is 0 Å². The zero-order valence-electron chi connectivity index (χ0n) is 19.7. The van der Waals surface area contributed by atoms with Gasteiger partial charge in [0.15, 0.2) is 5.96 Å². The lowest BCUT2D eigenvalue weighted by molar-refractivity contribution is 0.0511. The summed E-state index contributed by atoms with van der Waals surface area (Å²) in [5.41, 5.74) is 3.22. The third-order valence-corrected chi connectivity index (χ3v) is 7.18. The molecule has 0 amide bonds. The van der Waals surface area contributed by atoms with Crippen molar-refractivity contribution in [1.29, 1.82) is 0 Å². The van der Waals surface area contributed by atoms with Gasteiger partial charge in [-0.2, -0.15) is 0 Å². The molecule has 1 saturated heterocycles. The van der Waals surface area contributed by atoms with E-state index in [9.17, 15) is 0 Å². The van der Waals surface area contributed by atoms with Gasteiger partial charge in [0.05, 0.1) is 0 Å². The third-order valence-electron chi connectivity index (χ3n) is 7.18. The van der Waals surface area contributed by atoms with Crippen molar-refractivity contribution in [3.05, 3.63) is 35.4 Å². The number of ether oxygens (including phenoxy) is 2. The zero-order valence-corrected chi connectivity index (χ0v) is 22.0. The Labute approximate surface area is 206 Å². The van der Waals surface area contributed by atoms with Crippen molar-refractivity contribution >= 4 is 29.9 Å². The second kappa shape index (κ2) is 13.0. The smallest absolute Gasteiger partial charge is 0.191 e. The number of benzene rings is 1. The van der Waals surface area contributed by atoms with E-state index in [1.54, 1.807) is 7.11 Å². The molecule has 2 fully saturated rings. The Bertz CT molecular complexity index is 683. The van der Waals surface area contributed by atoms with Gasteiger partial charge in [0, 0.05) is 52.0 Å². The number of halogens is 1. The van der Waals surface area contributed by atoms with Crippen LogP contribution in [0.15, 0.2) is 29.3 Å². The third kappa shape index (κ3) is 7.06. The zero-order chi connectivity index (χ0) is 21.3. The summed E-state index contributed by atoms with van der Waals surface area (Å²) in [6.07, 6.45) is 8.37. The first-order valence-corrected chi connectivity index (χ1v) is 11.8. The number of nitrogens with zero attached hydrogens (tertiary/aromatic N) is 1. The average Bonchev–Trinajstić information content (AvgIpc) is 3.24. The molecule has 0 bridgehead atoms. The molecule has 2 N–H and O–H groups in total. The van der Waals surface area contributed by atoms with E-state index in [2.05, 4.69) is 48.7 Å². The van der Waals surface area contributed by atoms with Gasteiger partial charge < -0.3 is 20.1 Å². The molecule has 1 aromatic carbocycles. The van der Waals surface area contributed by atoms with Gasteiger partial charge in [-0.3, -0.25) is 4.99 Å². The number of guanidine groups is 1. The maximum absolute atomic E-state index is 5.72. The molecule has 1 aromatic rings.